The Morgan fingerprint density at radius 3 is 1.66 bits per heavy atom. The molecule has 0 saturated heterocycles. The topological polar surface area (TPSA) is 190 Å². The summed E-state index contributed by atoms with van der Waals surface area (Å²) in [6.07, 6.45) is 0. The predicted molar refractivity (Wildman–Crippen MR) is 98.5 cm³/mol. The van der Waals surface area contributed by atoms with Gasteiger partial charge in [-0.2, -0.15) is 4.33 Å². The van der Waals surface area contributed by atoms with E-state index >= 15 is 0 Å². The Balaban J connectivity index is 0. The van der Waals surface area contributed by atoms with E-state index in [1.54, 1.807) is 0 Å². The van der Waals surface area contributed by atoms with Crippen LogP contribution in [0, 0.1) is 11.6 Å². The minimum absolute atomic E-state index is 0. The third kappa shape index (κ3) is 11.9. The molecule has 0 aliphatic carbocycles. The van der Waals surface area contributed by atoms with Gasteiger partial charge in [-0.3, -0.25) is 5.04 Å². The van der Waals surface area contributed by atoms with Gasteiger partial charge in [-0.05, 0) is 30.3 Å². The Kier molecular flexibility index (Phi) is 17.3. The zero-order valence-corrected chi connectivity index (χ0v) is 27.7. The van der Waals surface area contributed by atoms with E-state index in [1.807, 2.05) is 0 Å². The summed E-state index contributed by atoms with van der Waals surface area (Å²) >= 11 is 0.333. The number of sulfone groups is 1. The van der Waals surface area contributed by atoms with Crippen molar-refractivity contribution < 1.29 is 146 Å². The second kappa shape index (κ2) is 15.8. The molecule has 2 aromatic carbocycles. The molecule has 35 heavy (non-hydrogen) atoms. The molecule has 0 radical (unpaired) electrons. The van der Waals surface area contributed by atoms with Crippen LogP contribution in [-0.4, -0.2) is 34.4 Å². The smallest absolute Gasteiger partial charge is 0.748 e. The third-order valence-corrected chi connectivity index (χ3v) is 7.43. The molecule has 178 valence electrons. The van der Waals surface area contributed by atoms with Gasteiger partial charge in [0.15, 0.2) is 0 Å². The molecule has 0 heterocycles. The van der Waals surface area contributed by atoms with E-state index in [4.69, 9.17) is 0 Å². The molecule has 0 spiro atoms. The van der Waals surface area contributed by atoms with Crippen LogP contribution in [0.2, 0.25) is 0 Å². The first-order valence-corrected chi connectivity index (χ1v) is 13.5. The zero-order valence-electron chi connectivity index (χ0n) is 18.4. The fourth-order valence-corrected chi connectivity index (χ4v) is 5.57. The summed E-state index contributed by atoms with van der Waals surface area (Å²) in [6.45, 7) is 0. The fraction of sp³-hybridized carbons (Fsp3) is 0.200. The summed E-state index contributed by atoms with van der Waals surface area (Å²) in [6, 6.07) is 3.36. The first kappa shape index (κ1) is 38.4. The molecule has 0 unspecified atom stereocenters. The molecule has 0 N–H and O–H groups in total. The molecule has 0 aliphatic heterocycles. The number of benzene rings is 2. The molecule has 11 nitrogen and oxygen atoms in total. The van der Waals surface area contributed by atoms with Gasteiger partial charge in [0.2, 0.25) is 9.84 Å². The molecular weight excluding hydrogens is 591 g/mol. The molecule has 0 aliphatic rings. The molecule has 0 atom stereocenters. The Labute approximate surface area is 270 Å². The summed E-state index contributed by atoms with van der Waals surface area (Å²) in [5.41, 5.74) is -2.21. The van der Waals surface area contributed by atoms with Crippen molar-refractivity contribution in [1.29, 1.82) is 0 Å². The number of rotatable bonds is 10. The Bertz CT molecular complexity index is 1280. The normalized spacial score (nSPS) is 11.7. The van der Waals surface area contributed by atoms with Crippen LogP contribution in [0.4, 0.5) is 8.78 Å². The Morgan fingerprint density at radius 1 is 0.771 bits per heavy atom. The Morgan fingerprint density at radius 2 is 1.23 bits per heavy atom. The Hall–Kier alpha value is 1.30. The quantitative estimate of drug-likeness (QED) is 0.0476. The second-order valence-corrected chi connectivity index (χ2v) is 11.5. The molecule has 2 rings (SSSR count). The van der Waals surface area contributed by atoms with E-state index in [0.29, 0.717) is 24.2 Å². The van der Waals surface area contributed by atoms with Gasteiger partial charge in [0, 0.05) is 28.7 Å². The summed E-state index contributed by atoms with van der Waals surface area (Å²) in [7, 11) is -14.9. The van der Waals surface area contributed by atoms with Gasteiger partial charge >= 0.3 is 88.7 Å². The van der Waals surface area contributed by atoms with Gasteiger partial charge in [0.1, 0.15) is 11.6 Å². The van der Waals surface area contributed by atoms with Crippen LogP contribution in [0.1, 0.15) is 16.7 Å². The monoisotopic (exact) mass is 602 g/mol. The van der Waals surface area contributed by atoms with Crippen molar-refractivity contribution in [3.05, 3.63) is 58.7 Å². The van der Waals surface area contributed by atoms with Crippen molar-refractivity contribution in [3.8, 4) is 0 Å². The molecule has 0 fully saturated rings. The summed E-state index contributed by atoms with van der Waals surface area (Å²) < 4.78 is 125. The molecule has 0 bridgehead atoms. The molecule has 0 saturated carbocycles. The van der Waals surface area contributed by atoms with Crippen LogP contribution in [0.25, 0.3) is 0 Å². The average Bonchev–Trinajstić information content (AvgIpc) is 2.64. The van der Waals surface area contributed by atoms with Crippen LogP contribution in [-0.2, 0) is 56.7 Å². The predicted octanol–water partition coefficient (Wildman–Crippen LogP) is -8.73. The SMILES string of the molecule is O=S(=O)([O-])Cc1cc(S(=O)(=O)c2ccc(F)c(CSOO[O-])c2)cc(CS(=O)(=O)[O-])c1F.[Na+].[Na+].[Na+]. The number of halogens is 2. The van der Waals surface area contributed by atoms with Crippen LogP contribution in [0.3, 0.4) is 0 Å². The first-order valence-electron chi connectivity index (χ1n) is 7.94. The van der Waals surface area contributed by atoms with Gasteiger partial charge in [0.25, 0.3) is 0 Å². The number of hydrogen-bond acceptors (Lipinski definition) is 12. The van der Waals surface area contributed by atoms with Gasteiger partial charge in [-0.15, -0.1) is 0 Å². The first-order chi connectivity index (χ1) is 14.6. The van der Waals surface area contributed by atoms with Gasteiger partial charge in [-0.1, -0.05) is 0 Å². The van der Waals surface area contributed by atoms with Crippen LogP contribution in [0.15, 0.2) is 40.1 Å². The van der Waals surface area contributed by atoms with E-state index in [9.17, 15) is 48.4 Å². The molecular formula is C15H11F2Na3O11S4. The minimum atomic E-state index is -5.13. The van der Waals surface area contributed by atoms with Crippen LogP contribution < -0.4 is 93.9 Å². The number of hydrogen-bond donors (Lipinski definition) is 0. The van der Waals surface area contributed by atoms with Crippen LogP contribution >= 0.6 is 12.0 Å². The van der Waals surface area contributed by atoms with E-state index in [2.05, 4.69) is 9.37 Å². The molecule has 0 amide bonds. The maximum absolute atomic E-state index is 14.5. The molecule has 0 aromatic heterocycles. The van der Waals surface area contributed by atoms with Gasteiger partial charge in [0.05, 0.1) is 47.3 Å². The van der Waals surface area contributed by atoms with Crippen molar-refractivity contribution in [3.63, 3.8) is 0 Å². The molecule has 20 heteroatoms. The summed E-state index contributed by atoms with van der Waals surface area (Å²) in [5.74, 6) is -5.85. The summed E-state index contributed by atoms with van der Waals surface area (Å²) in [4.78, 5) is -1.43. The maximum atomic E-state index is 14.5. The summed E-state index contributed by atoms with van der Waals surface area (Å²) in [5, 5.41) is 12.9. The average molecular weight is 602 g/mol. The van der Waals surface area contributed by atoms with Crippen molar-refractivity contribution in [1.82, 2.24) is 0 Å². The fourth-order valence-electron chi connectivity index (χ4n) is 2.54. The van der Waals surface area contributed by atoms with E-state index in [1.165, 1.54) is 0 Å². The van der Waals surface area contributed by atoms with E-state index in [0.717, 1.165) is 18.2 Å². The third-order valence-electron chi connectivity index (χ3n) is 3.79. The van der Waals surface area contributed by atoms with E-state index in [-0.39, 0.29) is 100.0 Å². The van der Waals surface area contributed by atoms with E-state index < -0.39 is 74.1 Å². The van der Waals surface area contributed by atoms with Crippen molar-refractivity contribution in [2.24, 2.45) is 0 Å². The van der Waals surface area contributed by atoms with Gasteiger partial charge in [-0.25, -0.2) is 34.0 Å². The zero-order chi connectivity index (χ0) is 24.3. The van der Waals surface area contributed by atoms with Crippen molar-refractivity contribution in [2.45, 2.75) is 27.0 Å². The largest absolute Gasteiger partial charge is 1.00 e. The van der Waals surface area contributed by atoms with Crippen molar-refractivity contribution in [2.75, 3.05) is 0 Å². The molecule has 2 aromatic rings. The van der Waals surface area contributed by atoms with Crippen molar-refractivity contribution >= 4 is 42.1 Å². The van der Waals surface area contributed by atoms with Crippen LogP contribution in [0.5, 0.6) is 0 Å². The minimum Gasteiger partial charge on any atom is -0.748 e. The standard InChI is InChI=1S/C15H14F2O11S4.3Na/c16-14-2-1-12(3-9(14)6-29-28-27-18)32(25,26)13-4-10(7-30(19,20)21)15(17)11(5-13)8-31(22,23)24;;;/h1-5,18H,6-8H2,(H,19,20,21)(H,22,23,24);;;/q;3*+1/p-3. The van der Waals surface area contributed by atoms with Gasteiger partial charge < -0.3 is 14.4 Å². The second-order valence-electron chi connectivity index (χ2n) is 6.11. The maximum Gasteiger partial charge on any atom is 1.00 e.